The Morgan fingerprint density at radius 1 is 1.30 bits per heavy atom. The SMILES string of the molecule is CCOC(=O)OC1CCN(c2ncnc(Oc3ccc(F)cc3F)c2[N+](=O)[O-])CC1. The number of carbonyl (C=O) groups excluding carboxylic acids is 1. The molecule has 160 valence electrons. The number of carbonyl (C=O) groups is 1. The molecule has 2 aromatic rings. The normalized spacial score (nSPS) is 14.3. The van der Waals surface area contributed by atoms with Gasteiger partial charge in [0.2, 0.25) is 5.82 Å². The van der Waals surface area contributed by atoms with Crippen LogP contribution in [0.4, 0.5) is 25.1 Å². The van der Waals surface area contributed by atoms with E-state index in [4.69, 9.17) is 14.2 Å². The molecule has 1 aliphatic heterocycles. The molecule has 1 fully saturated rings. The Balaban J connectivity index is 1.78. The maximum atomic E-state index is 13.9. The lowest BCUT2D eigenvalue weighted by Crippen LogP contribution is -2.38. The fraction of sp³-hybridized carbons (Fsp3) is 0.389. The molecule has 0 N–H and O–H groups in total. The molecular weight excluding hydrogens is 406 g/mol. The molecule has 0 saturated carbocycles. The van der Waals surface area contributed by atoms with E-state index in [1.54, 1.807) is 11.8 Å². The third-order valence-electron chi connectivity index (χ3n) is 4.32. The molecule has 12 heteroatoms. The Bertz CT molecular complexity index is 937. The second-order valence-corrected chi connectivity index (χ2v) is 6.27. The third kappa shape index (κ3) is 4.88. The van der Waals surface area contributed by atoms with Gasteiger partial charge in [-0.1, -0.05) is 0 Å². The Labute approximate surface area is 169 Å². The van der Waals surface area contributed by atoms with Crippen molar-refractivity contribution in [3.63, 3.8) is 0 Å². The van der Waals surface area contributed by atoms with Gasteiger partial charge in [0.25, 0.3) is 0 Å². The van der Waals surface area contributed by atoms with E-state index in [0.29, 0.717) is 32.0 Å². The number of ether oxygens (including phenoxy) is 3. The Hall–Kier alpha value is -3.57. The largest absolute Gasteiger partial charge is 0.508 e. The summed E-state index contributed by atoms with van der Waals surface area (Å²) in [4.78, 5) is 31.7. The molecule has 3 rings (SSSR count). The molecule has 1 saturated heterocycles. The third-order valence-corrected chi connectivity index (χ3v) is 4.32. The molecule has 0 radical (unpaired) electrons. The standard InChI is InChI=1S/C18H18F2N4O6/c1-2-28-18(25)29-12-5-7-23(8-6-12)16-15(24(26)27)17(22-10-21-16)30-14-4-3-11(19)9-13(14)20/h3-4,9-10,12H,2,5-8H2,1H3. The maximum absolute atomic E-state index is 13.9. The van der Waals surface area contributed by atoms with Crippen LogP contribution in [0.25, 0.3) is 0 Å². The van der Waals surface area contributed by atoms with Gasteiger partial charge in [0.15, 0.2) is 11.6 Å². The summed E-state index contributed by atoms with van der Waals surface area (Å²) in [5.74, 6) is -2.74. The summed E-state index contributed by atoms with van der Waals surface area (Å²) in [7, 11) is 0. The van der Waals surface area contributed by atoms with Gasteiger partial charge in [-0.2, -0.15) is 4.98 Å². The summed E-state index contributed by atoms with van der Waals surface area (Å²) in [5, 5.41) is 11.7. The van der Waals surface area contributed by atoms with Gasteiger partial charge in [-0.05, 0) is 19.1 Å². The van der Waals surface area contributed by atoms with Crippen LogP contribution in [-0.2, 0) is 9.47 Å². The topological polar surface area (TPSA) is 117 Å². The van der Waals surface area contributed by atoms with Crippen molar-refractivity contribution in [3.05, 3.63) is 46.3 Å². The van der Waals surface area contributed by atoms with Crippen LogP contribution >= 0.6 is 0 Å². The number of piperidine rings is 1. The molecule has 0 atom stereocenters. The van der Waals surface area contributed by atoms with E-state index in [1.165, 1.54) is 0 Å². The first-order chi connectivity index (χ1) is 14.4. The van der Waals surface area contributed by atoms with Gasteiger partial charge in [0.05, 0.1) is 11.5 Å². The zero-order valence-corrected chi connectivity index (χ0v) is 15.9. The number of rotatable bonds is 6. The van der Waals surface area contributed by atoms with Gasteiger partial charge in [-0.3, -0.25) is 10.1 Å². The van der Waals surface area contributed by atoms with Gasteiger partial charge in [0, 0.05) is 32.0 Å². The molecule has 2 heterocycles. The highest BCUT2D eigenvalue weighted by atomic mass is 19.1. The van der Waals surface area contributed by atoms with Gasteiger partial charge in [0.1, 0.15) is 18.2 Å². The molecule has 1 aromatic heterocycles. The van der Waals surface area contributed by atoms with Crippen molar-refractivity contribution in [2.45, 2.75) is 25.9 Å². The van der Waals surface area contributed by atoms with Gasteiger partial charge >= 0.3 is 17.7 Å². The summed E-state index contributed by atoms with van der Waals surface area (Å²) < 4.78 is 42.1. The van der Waals surface area contributed by atoms with Crippen molar-refractivity contribution < 1.29 is 32.7 Å². The molecule has 0 amide bonds. The van der Waals surface area contributed by atoms with Crippen LogP contribution in [0.2, 0.25) is 0 Å². The first-order valence-corrected chi connectivity index (χ1v) is 9.09. The van der Waals surface area contributed by atoms with E-state index < -0.39 is 40.0 Å². The monoisotopic (exact) mass is 424 g/mol. The second kappa shape index (κ2) is 9.29. The molecule has 0 unspecified atom stereocenters. The average molecular weight is 424 g/mol. The number of hydrogen-bond acceptors (Lipinski definition) is 9. The molecule has 0 bridgehead atoms. The van der Waals surface area contributed by atoms with Crippen LogP contribution < -0.4 is 9.64 Å². The molecule has 0 spiro atoms. The summed E-state index contributed by atoms with van der Waals surface area (Å²) in [6, 6.07) is 2.56. The lowest BCUT2D eigenvalue weighted by atomic mass is 10.1. The van der Waals surface area contributed by atoms with Crippen LogP contribution in [0.1, 0.15) is 19.8 Å². The van der Waals surface area contributed by atoms with Gasteiger partial charge in [-0.25, -0.2) is 18.6 Å². The van der Waals surface area contributed by atoms with Crippen molar-refractivity contribution in [2.75, 3.05) is 24.6 Å². The second-order valence-electron chi connectivity index (χ2n) is 6.27. The average Bonchev–Trinajstić information content (AvgIpc) is 2.70. The summed E-state index contributed by atoms with van der Waals surface area (Å²) in [6.07, 6.45) is 0.720. The van der Waals surface area contributed by atoms with Gasteiger partial charge < -0.3 is 19.1 Å². The molecule has 0 aliphatic carbocycles. The van der Waals surface area contributed by atoms with Crippen LogP contribution in [0, 0.1) is 21.7 Å². The van der Waals surface area contributed by atoms with E-state index >= 15 is 0 Å². The molecule has 1 aromatic carbocycles. The van der Waals surface area contributed by atoms with Crippen molar-refractivity contribution in [3.8, 4) is 11.6 Å². The van der Waals surface area contributed by atoms with Crippen LogP contribution in [-0.4, -0.2) is 46.8 Å². The Morgan fingerprint density at radius 3 is 2.67 bits per heavy atom. The number of nitrogens with zero attached hydrogens (tertiary/aromatic N) is 4. The smallest absolute Gasteiger partial charge is 0.435 e. The van der Waals surface area contributed by atoms with Crippen LogP contribution in [0.3, 0.4) is 0 Å². The van der Waals surface area contributed by atoms with Crippen molar-refractivity contribution in [1.29, 1.82) is 0 Å². The van der Waals surface area contributed by atoms with E-state index in [-0.39, 0.29) is 18.5 Å². The highest BCUT2D eigenvalue weighted by molar-refractivity contribution is 5.64. The molecule has 10 nitrogen and oxygen atoms in total. The van der Waals surface area contributed by atoms with E-state index in [1.807, 2.05) is 0 Å². The van der Waals surface area contributed by atoms with Crippen molar-refractivity contribution in [2.24, 2.45) is 0 Å². The highest BCUT2D eigenvalue weighted by Crippen LogP contribution is 2.37. The van der Waals surface area contributed by atoms with Crippen LogP contribution in [0.15, 0.2) is 24.5 Å². The first-order valence-electron chi connectivity index (χ1n) is 9.09. The number of nitro groups is 1. The lowest BCUT2D eigenvalue weighted by Gasteiger charge is -2.31. The van der Waals surface area contributed by atoms with Crippen LogP contribution in [0.5, 0.6) is 11.6 Å². The summed E-state index contributed by atoms with van der Waals surface area (Å²) in [6.45, 7) is 2.48. The molecular formula is C18H18F2N4O6. The zero-order valence-electron chi connectivity index (χ0n) is 15.9. The van der Waals surface area contributed by atoms with E-state index in [0.717, 1.165) is 18.5 Å². The lowest BCUT2D eigenvalue weighted by molar-refractivity contribution is -0.385. The fourth-order valence-electron chi connectivity index (χ4n) is 2.96. The Kier molecular flexibility index (Phi) is 6.54. The first kappa shape index (κ1) is 21.1. The predicted molar refractivity (Wildman–Crippen MR) is 98.5 cm³/mol. The number of halogens is 2. The van der Waals surface area contributed by atoms with Crippen molar-refractivity contribution in [1.82, 2.24) is 9.97 Å². The number of anilines is 1. The minimum Gasteiger partial charge on any atom is -0.435 e. The minimum atomic E-state index is -1.03. The predicted octanol–water partition coefficient (Wildman–Crippen LogP) is 3.60. The summed E-state index contributed by atoms with van der Waals surface area (Å²) in [5.41, 5.74) is -0.550. The number of aromatic nitrogens is 2. The zero-order chi connectivity index (χ0) is 21.7. The number of benzene rings is 1. The number of hydrogen-bond donors (Lipinski definition) is 0. The maximum Gasteiger partial charge on any atom is 0.508 e. The minimum absolute atomic E-state index is 0.0119. The Morgan fingerprint density at radius 2 is 2.03 bits per heavy atom. The molecule has 30 heavy (non-hydrogen) atoms. The fourth-order valence-corrected chi connectivity index (χ4v) is 2.96. The van der Waals surface area contributed by atoms with E-state index in [9.17, 15) is 23.7 Å². The quantitative estimate of drug-likeness (QED) is 0.389. The summed E-state index contributed by atoms with van der Waals surface area (Å²) >= 11 is 0. The van der Waals surface area contributed by atoms with Crippen molar-refractivity contribution >= 4 is 17.7 Å². The van der Waals surface area contributed by atoms with Gasteiger partial charge in [-0.15, -0.1) is 0 Å². The molecule has 1 aliphatic rings. The highest BCUT2D eigenvalue weighted by Gasteiger charge is 2.32. The van der Waals surface area contributed by atoms with E-state index in [2.05, 4.69) is 9.97 Å².